The standard InChI is InChI=1S/C21H21BrN2O3S2/c1-2-9-26-19-8-3-15(12-18(19)22)13-23-24-20(25)14-27-17-6-4-16(5-7-17)21-28-10-11-29-21/h2-8,12-13,21H,1,9-11,14H2,(H,24,25)/b23-13-. The summed E-state index contributed by atoms with van der Waals surface area (Å²) in [5.74, 6) is 3.45. The molecule has 29 heavy (non-hydrogen) atoms. The molecule has 1 N–H and O–H groups in total. The molecule has 1 fully saturated rings. The van der Waals surface area contributed by atoms with Crippen LogP contribution in [0.25, 0.3) is 0 Å². The zero-order valence-electron chi connectivity index (χ0n) is 15.7. The number of hydrazone groups is 1. The first kappa shape index (κ1) is 21.8. The zero-order chi connectivity index (χ0) is 20.5. The molecule has 0 unspecified atom stereocenters. The number of nitrogens with zero attached hydrogens (tertiary/aromatic N) is 1. The van der Waals surface area contributed by atoms with E-state index < -0.39 is 0 Å². The van der Waals surface area contributed by atoms with Gasteiger partial charge in [0.2, 0.25) is 0 Å². The van der Waals surface area contributed by atoms with E-state index in [1.165, 1.54) is 17.1 Å². The van der Waals surface area contributed by atoms with Crippen LogP contribution in [0.4, 0.5) is 0 Å². The quantitative estimate of drug-likeness (QED) is 0.302. The summed E-state index contributed by atoms with van der Waals surface area (Å²) in [6, 6.07) is 13.4. The number of rotatable bonds is 9. The number of carbonyl (C=O) groups is 1. The Morgan fingerprint density at radius 3 is 2.66 bits per heavy atom. The van der Waals surface area contributed by atoms with E-state index in [0.29, 0.717) is 16.9 Å². The second kappa shape index (κ2) is 11.3. The largest absolute Gasteiger partial charge is 0.488 e. The molecule has 0 aromatic heterocycles. The van der Waals surface area contributed by atoms with Crippen molar-refractivity contribution in [3.05, 3.63) is 70.7 Å². The predicted molar refractivity (Wildman–Crippen MR) is 125 cm³/mol. The Kier molecular flexibility index (Phi) is 8.52. The summed E-state index contributed by atoms with van der Waals surface area (Å²) in [6.07, 6.45) is 3.24. The fraction of sp³-hybridized carbons (Fsp3) is 0.238. The van der Waals surface area contributed by atoms with E-state index in [2.05, 4.69) is 45.2 Å². The second-order valence-electron chi connectivity index (χ2n) is 6.01. The molecule has 0 radical (unpaired) electrons. The number of benzene rings is 2. The lowest BCUT2D eigenvalue weighted by Crippen LogP contribution is -2.24. The molecular formula is C21H21BrN2O3S2. The maximum atomic E-state index is 11.9. The van der Waals surface area contributed by atoms with Crippen LogP contribution in [-0.4, -0.2) is 36.8 Å². The van der Waals surface area contributed by atoms with Crippen LogP contribution >= 0.6 is 39.5 Å². The minimum Gasteiger partial charge on any atom is -0.488 e. The van der Waals surface area contributed by atoms with E-state index >= 15 is 0 Å². The van der Waals surface area contributed by atoms with Gasteiger partial charge in [0, 0.05) is 11.5 Å². The summed E-state index contributed by atoms with van der Waals surface area (Å²) in [5, 5.41) is 3.97. The molecule has 1 aliphatic heterocycles. The highest BCUT2D eigenvalue weighted by Crippen LogP contribution is 2.45. The van der Waals surface area contributed by atoms with Gasteiger partial charge in [-0.1, -0.05) is 24.8 Å². The van der Waals surface area contributed by atoms with Gasteiger partial charge in [-0.05, 0) is 57.4 Å². The minimum absolute atomic E-state index is 0.0956. The van der Waals surface area contributed by atoms with Crippen molar-refractivity contribution in [3.63, 3.8) is 0 Å². The fourth-order valence-corrected chi connectivity index (χ4v) is 5.87. The lowest BCUT2D eigenvalue weighted by atomic mass is 10.2. The summed E-state index contributed by atoms with van der Waals surface area (Å²) in [4.78, 5) is 11.9. The number of nitrogens with one attached hydrogen (secondary N) is 1. The maximum Gasteiger partial charge on any atom is 0.277 e. The average molecular weight is 493 g/mol. The Morgan fingerprint density at radius 2 is 1.97 bits per heavy atom. The summed E-state index contributed by atoms with van der Waals surface area (Å²) in [6.45, 7) is 3.96. The lowest BCUT2D eigenvalue weighted by Gasteiger charge is -2.10. The molecule has 152 valence electrons. The highest BCUT2D eigenvalue weighted by atomic mass is 79.9. The summed E-state index contributed by atoms with van der Waals surface area (Å²) >= 11 is 7.36. The Morgan fingerprint density at radius 1 is 1.21 bits per heavy atom. The third-order valence-corrected chi connectivity index (χ3v) is 7.58. The Bertz CT molecular complexity index is 869. The van der Waals surface area contributed by atoms with E-state index in [1.54, 1.807) is 12.3 Å². The zero-order valence-corrected chi connectivity index (χ0v) is 18.9. The molecule has 0 aliphatic carbocycles. The smallest absolute Gasteiger partial charge is 0.277 e. The van der Waals surface area contributed by atoms with E-state index in [1.807, 2.05) is 53.9 Å². The fourth-order valence-electron chi connectivity index (χ4n) is 2.50. The molecule has 1 aliphatic rings. The normalized spacial score (nSPS) is 14.1. The van der Waals surface area contributed by atoms with Gasteiger partial charge < -0.3 is 9.47 Å². The molecule has 0 bridgehead atoms. The number of ether oxygens (including phenoxy) is 2. The van der Waals surface area contributed by atoms with Gasteiger partial charge in [-0.2, -0.15) is 5.10 Å². The molecule has 1 heterocycles. The molecule has 2 aromatic carbocycles. The molecule has 5 nitrogen and oxygen atoms in total. The van der Waals surface area contributed by atoms with Crippen LogP contribution < -0.4 is 14.9 Å². The number of halogens is 1. The van der Waals surface area contributed by atoms with Gasteiger partial charge >= 0.3 is 0 Å². The first-order chi connectivity index (χ1) is 14.2. The summed E-state index contributed by atoms with van der Waals surface area (Å²) < 4.78 is 12.3. The van der Waals surface area contributed by atoms with Gasteiger partial charge in [0.15, 0.2) is 6.61 Å². The molecule has 0 atom stereocenters. The van der Waals surface area contributed by atoms with Crippen LogP contribution in [0.1, 0.15) is 15.7 Å². The molecule has 1 saturated heterocycles. The van der Waals surface area contributed by atoms with Gasteiger partial charge in [-0.15, -0.1) is 23.5 Å². The third-order valence-electron chi connectivity index (χ3n) is 3.86. The first-order valence-corrected chi connectivity index (χ1v) is 11.9. The highest BCUT2D eigenvalue weighted by Gasteiger charge is 2.17. The molecule has 3 rings (SSSR count). The molecule has 8 heteroatoms. The molecule has 0 saturated carbocycles. The van der Waals surface area contributed by atoms with Crippen LogP contribution in [0.3, 0.4) is 0 Å². The van der Waals surface area contributed by atoms with Crippen molar-refractivity contribution in [1.29, 1.82) is 0 Å². The molecule has 2 aromatic rings. The van der Waals surface area contributed by atoms with Gasteiger partial charge in [-0.25, -0.2) is 5.43 Å². The van der Waals surface area contributed by atoms with Crippen LogP contribution in [0.2, 0.25) is 0 Å². The van der Waals surface area contributed by atoms with Crippen molar-refractivity contribution in [1.82, 2.24) is 5.43 Å². The van der Waals surface area contributed by atoms with Crippen molar-refractivity contribution >= 4 is 51.6 Å². The second-order valence-corrected chi connectivity index (χ2v) is 9.59. The topological polar surface area (TPSA) is 59.9 Å². The molecule has 0 spiro atoms. The van der Waals surface area contributed by atoms with Crippen LogP contribution in [-0.2, 0) is 4.79 Å². The number of hydrogen-bond donors (Lipinski definition) is 1. The summed E-state index contributed by atoms with van der Waals surface area (Å²) in [5.41, 5.74) is 4.57. The third kappa shape index (κ3) is 6.83. The maximum absolute atomic E-state index is 11.9. The van der Waals surface area contributed by atoms with Gasteiger partial charge in [0.25, 0.3) is 5.91 Å². The van der Waals surface area contributed by atoms with Gasteiger partial charge in [0.05, 0.1) is 15.3 Å². The van der Waals surface area contributed by atoms with Crippen LogP contribution in [0.15, 0.2) is 64.7 Å². The van der Waals surface area contributed by atoms with Crippen molar-refractivity contribution in [2.24, 2.45) is 5.10 Å². The van der Waals surface area contributed by atoms with Crippen LogP contribution in [0, 0.1) is 0 Å². The van der Waals surface area contributed by atoms with Crippen molar-refractivity contribution in [2.45, 2.75) is 4.58 Å². The number of amides is 1. The number of carbonyl (C=O) groups excluding carboxylic acids is 1. The van der Waals surface area contributed by atoms with Crippen molar-refractivity contribution in [2.75, 3.05) is 24.7 Å². The van der Waals surface area contributed by atoms with E-state index in [4.69, 9.17) is 9.47 Å². The number of thioether (sulfide) groups is 2. The molecular weight excluding hydrogens is 472 g/mol. The van der Waals surface area contributed by atoms with E-state index in [9.17, 15) is 4.79 Å². The van der Waals surface area contributed by atoms with Gasteiger partial charge in [-0.3, -0.25) is 4.79 Å². The predicted octanol–water partition coefficient (Wildman–Crippen LogP) is 5.02. The monoisotopic (exact) mass is 492 g/mol. The minimum atomic E-state index is -0.322. The molecule has 1 amide bonds. The Hall–Kier alpha value is -1.90. The summed E-state index contributed by atoms with van der Waals surface area (Å²) in [7, 11) is 0. The first-order valence-electron chi connectivity index (χ1n) is 8.97. The van der Waals surface area contributed by atoms with Gasteiger partial charge in [0.1, 0.15) is 18.1 Å². The van der Waals surface area contributed by atoms with Crippen molar-refractivity contribution in [3.8, 4) is 11.5 Å². The van der Waals surface area contributed by atoms with Crippen molar-refractivity contribution < 1.29 is 14.3 Å². The number of hydrogen-bond acceptors (Lipinski definition) is 6. The average Bonchev–Trinajstić information content (AvgIpc) is 3.27. The SMILES string of the molecule is C=CCOc1ccc(/C=N\NC(=O)COc2ccc(C3SCCS3)cc2)cc1Br. The van der Waals surface area contributed by atoms with Crippen LogP contribution in [0.5, 0.6) is 11.5 Å². The highest BCUT2D eigenvalue weighted by molar-refractivity contribution is 9.10. The van der Waals surface area contributed by atoms with E-state index in [0.717, 1.165) is 15.8 Å². The Labute approximate surface area is 187 Å². The Balaban J connectivity index is 1.43. The lowest BCUT2D eigenvalue weighted by molar-refractivity contribution is -0.123. The van der Waals surface area contributed by atoms with E-state index in [-0.39, 0.29) is 12.5 Å².